The second kappa shape index (κ2) is 7.84. The molecular weight excluding hydrogens is 319 g/mol. The van der Waals surface area contributed by atoms with Gasteiger partial charge in [-0.25, -0.2) is 4.39 Å². The quantitative estimate of drug-likeness (QED) is 0.719. The van der Waals surface area contributed by atoms with Gasteiger partial charge in [0, 0.05) is 12.2 Å². The minimum absolute atomic E-state index is 0.223. The van der Waals surface area contributed by atoms with Crippen molar-refractivity contribution in [3.8, 4) is 6.07 Å². The van der Waals surface area contributed by atoms with Crippen LogP contribution in [0.4, 0.5) is 21.8 Å². The average molecular weight is 334 g/mol. The summed E-state index contributed by atoms with van der Waals surface area (Å²) < 4.78 is 13.6. The molecule has 0 atom stereocenters. The monoisotopic (exact) mass is 334 g/mol. The third kappa shape index (κ3) is 4.48. The smallest absolute Gasteiger partial charge is 0.244 e. The molecule has 0 spiro atoms. The number of halogens is 1. The first-order valence-electron chi connectivity index (χ1n) is 7.69. The molecule has 0 aliphatic carbocycles. The van der Waals surface area contributed by atoms with Gasteiger partial charge in [-0.15, -0.1) is 5.10 Å². The Hall–Kier alpha value is -3.53. The first-order valence-corrected chi connectivity index (χ1v) is 7.69. The molecule has 1 aromatic heterocycles. The molecule has 0 radical (unpaired) electrons. The van der Waals surface area contributed by atoms with Gasteiger partial charge in [-0.05, 0) is 42.3 Å². The van der Waals surface area contributed by atoms with E-state index in [0.29, 0.717) is 35.9 Å². The molecule has 3 rings (SSSR count). The topological polar surface area (TPSA) is 86.5 Å². The van der Waals surface area contributed by atoms with E-state index < -0.39 is 0 Å². The zero-order valence-electron chi connectivity index (χ0n) is 13.3. The molecule has 2 aromatic carbocycles. The Labute approximate surface area is 144 Å². The van der Waals surface area contributed by atoms with E-state index in [1.165, 1.54) is 12.3 Å². The minimum Gasteiger partial charge on any atom is -0.353 e. The van der Waals surface area contributed by atoms with Crippen molar-refractivity contribution in [2.45, 2.75) is 6.42 Å². The number of hydrogen-bond acceptors (Lipinski definition) is 6. The van der Waals surface area contributed by atoms with Crippen LogP contribution in [0.3, 0.4) is 0 Å². The summed E-state index contributed by atoms with van der Waals surface area (Å²) in [6.07, 6.45) is 2.02. The maximum Gasteiger partial charge on any atom is 0.244 e. The lowest BCUT2D eigenvalue weighted by Gasteiger charge is -2.08. The molecule has 0 unspecified atom stereocenters. The number of nitriles is 1. The van der Waals surface area contributed by atoms with Gasteiger partial charge in [-0.1, -0.05) is 18.2 Å². The van der Waals surface area contributed by atoms with E-state index in [9.17, 15) is 4.39 Å². The normalized spacial score (nSPS) is 10.1. The number of benzene rings is 2. The fraction of sp³-hybridized carbons (Fsp3) is 0.111. The van der Waals surface area contributed by atoms with Crippen molar-refractivity contribution in [2.75, 3.05) is 17.2 Å². The van der Waals surface area contributed by atoms with Crippen LogP contribution < -0.4 is 10.6 Å². The zero-order valence-corrected chi connectivity index (χ0v) is 13.3. The molecule has 1 heterocycles. The molecule has 0 saturated heterocycles. The second-order valence-corrected chi connectivity index (χ2v) is 5.25. The summed E-state index contributed by atoms with van der Waals surface area (Å²) in [4.78, 5) is 4.31. The fourth-order valence-corrected chi connectivity index (χ4v) is 2.22. The van der Waals surface area contributed by atoms with E-state index in [-0.39, 0.29) is 5.82 Å². The Morgan fingerprint density at radius 2 is 1.88 bits per heavy atom. The van der Waals surface area contributed by atoms with Crippen LogP contribution in [0.25, 0.3) is 0 Å². The summed E-state index contributed by atoms with van der Waals surface area (Å²) in [6, 6.07) is 15.7. The summed E-state index contributed by atoms with van der Waals surface area (Å²) in [6.45, 7) is 0.489. The number of nitrogens with zero attached hydrogens (tertiary/aromatic N) is 4. The zero-order chi connectivity index (χ0) is 17.5. The highest BCUT2D eigenvalue weighted by Gasteiger charge is 2.03. The number of anilines is 3. The Morgan fingerprint density at radius 1 is 1.08 bits per heavy atom. The molecule has 7 heteroatoms. The summed E-state index contributed by atoms with van der Waals surface area (Å²) >= 11 is 0. The van der Waals surface area contributed by atoms with Crippen LogP contribution in [0.1, 0.15) is 11.1 Å². The lowest BCUT2D eigenvalue weighted by molar-refractivity contribution is 0.610. The minimum atomic E-state index is -0.223. The van der Waals surface area contributed by atoms with Crippen molar-refractivity contribution >= 4 is 17.5 Å². The summed E-state index contributed by atoms with van der Waals surface area (Å²) in [5.74, 6) is 0.655. The summed E-state index contributed by atoms with van der Waals surface area (Å²) in [7, 11) is 0. The van der Waals surface area contributed by atoms with E-state index in [1.54, 1.807) is 42.5 Å². The van der Waals surface area contributed by atoms with Gasteiger partial charge in [0.2, 0.25) is 5.95 Å². The molecule has 0 amide bonds. The molecule has 0 saturated carbocycles. The summed E-state index contributed by atoms with van der Waals surface area (Å²) in [5, 5.41) is 22.7. The third-order valence-corrected chi connectivity index (χ3v) is 3.48. The Balaban J connectivity index is 1.59. The largest absolute Gasteiger partial charge is 0.353 e. The lowest BCUT2D eigenvalue weighted by Crippen LogP contribution is -2.10. The lowest BCUT2D eigenvalue weighted by atomic mass is 10.1. The third-order valence-electron chi connectivity index (χ3n) is 3.48. The van der Waals surface area contributed by atoms with E-state index in [1.807, 2.05) is 0 Å². The highest BCUT2D eigenvalue weighted by atomic mass is 19.1. The van der Waals surface area contributed by atoms with Crippen LogP contribution in [0.5, 0.6) is 0 Å². The maximum atomic E-state index is 13.6. The number of hydrogen-bond donors (Lipinski definition) is 2. The van der Waals surface area contributed by atoms with Crippen molar-refractivity contribution in [1.82, 2.24) is 15.2 Å². The second-order valence-electron chi connectivity index (χ2n) is 5.25. The first kappa shape index (κ1) is 16.3. The molecule has 124 valence electrons. The van der Waals surface area contributed by atoms with Gasteiger partial charge in [0.05, 0.1) is 17.8 Å². The Morgan fingerprint density at radius 3 is 2.64 bits per heavy atom. The van der Waals surface area contributed by atoms with Gasteiger partial charge in [-0.3, -0.25) is 0 Å². The van der Waals surface area contributed by atoms with E-state index in [2.05, 4.69) is 31.9 Å². The highest BCUT2D eigenvalue weighted by Crippen LogP contribution is 2.15. The van der Waals surface area contributed by atoms with Gasteiger partial charge in [0.15, 0.2) is 5.82 Å². The van der Waals surface area contributed by atoms with Gasteiger partial charge < -0.3 is 10.6 Å². The predicted molar refractivity (Wildman–Crippen MR) is 92.9 cm³/mol. The SMILES string of the molecule is N#Cc1ccc(Nc2cnnc(NCCc3ccccc3F)n2)cc1. The fourth-order valence-electron chi connectivity index (χ4n) is 2.22. The van der Waals surface area contributed by atoms with Crippen molar-refractivity contribution in [3.63, 3.8) is 0 Å². The summed E-state index contributed by atoms with van der Waals surface area (Å²) in [5.41, 5.74) is 2.01. The molecule has 0 aliphatic rings. The number of nitrogens with one attached hydrogen (secondary N) is 2. The van der Waals surface area contributed by atoms with Crippen LogP contribution in [-0.4, -0.2) is 21.7 Å². The van der Waals surface area contributed by atoms with E-state index in [4.69, 9.17) is 5.26 Å². The highest BCUT2D eigenvalue weighted by molar-refractivity contribution is 5.57. The predicted octanol–water partition coefficient (Wildman–Crippen LogP) is 3.28. The van der Waals surface area contributed by atoms with Crippen molar-refractivity contribution in [3.05, 3.63) is 71.7 Å². The molecular formula is C18H15FN6. The molecule has 3 aromatic rings. The van der Waals surface area contributed by atoms with Crippen LogP contribution >= 0.6 is 0 Å². The van der Waals surface area contributed by atoms with Crippen molar-refractivity contribution in [1.29, 1.82) is 5.26 Å². The van der Waals surface area contributed by atoms with Crippen molar-refractivity contribution < 1.29 is 4.39 Å². The molecule has 0 fully saturated rings. The van der Waals surface area contributed by atoms with E-state index >= 15 is 0 Å². The van der Waals surface area contributed by atoms with Crippen LogP contribution in [0.2, 0.25) is 0 Å². The molecule has 0 aliphatic heterocycles. The van der Waals surface area contributed by atoms with Gasteiger partial charge in [0.25, 0.3) is 0 Å². The molecule has 25 heavy (non-hydrogen) atoms. The van der Waals surface area contributed by atoms with E-state index in [0.717, 1.165) is 5.69 Å². The van der Waals surface area contributed by atoms with Gasteiger partial charge >= 0.3 is 0 Å². The Bertz CT molecular complexity index is 889. The molecule has 6 nitrogen and oxygen atoms in total. The average Bonchev–Trinajstić information content (AvgIpc) is 2.64. The van der Waals surface area contributed by atoms with Crippen LogP contribution in [0.15, 0.2) is 54.7 Å². The first-order chi connectivity index (χ1) is 12.2. The number of aromatic nitrogens is 3. The molecule has 0 bridgehead atoms. The maximum absolute atomic E-state index is 13.6. The Kier molecular flexibility index (Phi) is 5.12. The van der Waals surface area contributed by atoms with Crippen LogP contribution in [-0.2, 0) is 6.42 Å². The van der Waals surface area contributed by atoms with Gasteiger partial charge in [-0.2, -0.15) is 15.3 Å². The van der Waals surface area contributed by atoms with Gasteiger partial charge in [0.1, 0.15) is 5.82 Å². The van der Waals surface area contributed by atoms with Crippen LogP contribution in [0, 0.1) is 17.1 Å². The molecule has 2 N–H and O–H groups in total. The van der Waals surface area contributed by atoms with Crippen molar-refractivity contribution in [2.24, 2.45) is 0 Å². The standard InChI is InChI=1S/C18H15FN6/c19-16-4-2-1-3-14(16)9-10-21-18-24-17(12-22-25-18)23-15-7-5-13(11-20)6-8-15/h1-8,12H,9-10H2,(H2,21,23,24,25). The number of rotatable bonds is 6.